The van der Waals surface area contributed by atoms with Gasteiger partial charge in [0.05, 0.1) is 5.69 Å². The average Bonchev–Trinajstić information content (AvgIpc) is 3.25. The molecule has 1 aliphatic rings. The van der Waals surface area contributed by atoms with Gasteiger partial charge in [0.25, 0.3) is 0 Å². The molecule has 3 aromatic rings. The molecule has 1 N–H and O–H groups in total. The SMILES string of the molecule is O=C1[C@@H](Cc2ccc(Cl)cc2)CCN1c1cc(-c2ccncc2)n[nH]1. The second kappa shape index (κ2) is 6.69. The molecule has 1 aliphatic heterocycles. The Hall–Kier alpha value is -2.66. The Morgan fingerprint density at radius 3 is 2.68 bits per heavy atom. The van der Waals surface area contributed by atoms with Crippen LogP contribution in [0, 0.1) is 5.92 Å². The molecule has 1 saturated heterocycles. The molecule has 2 aromatic heterocycles. The zero-order valence-corrected chi connectivity index (χ0v) is 14.3. The van der Waals surface area contributed by atoms with Gasteiger partial charge in [0.15, 0.2) is 0 Å². The molecule has 0 unspecified atom stereocenters. The van der Waals surface area contributed by atoms with Crippen molar-refractivity contribution in [2.24, 2.45) is 5.92 Å². The molecule has 5 nitrogen and oxygen atoms in total. The molecule has 1 atom stereocenters. The summed E-state index contributed by atoms with van der Waals surface area (Å²) in [5.41, 5.74) is 2.92. The number of nitrogens with one attached hydrogen (secondary N) is 1. The molecule has 0 saturated carbocycles. The number of aromatic nitrogens is 3. The zero-order valence-electron chi connectivity index (χ0n) is 13.5. The van der Waals surface area contributed by atoms with Gasteiger partial charge in [-0.15, -0.1) is 0 Å². The molecule has 0 aliphatic carbocycles. The second-order valence-corrected chi connectivity index (χ2v) is 6.62. The molecule has 0 radical (unpaired) electrons. The number of halogens is 1. The van der Waals surface area contributed by atoms with Gasteiger partial charge in [-0.3, -0.25) is 19.8 Å². The van der Waals surface area contributed by atoms with E-state index in [0.717, 1.165) is 35.5 Å². The van der Waals surface area contributed by atoms with E-state index in [1.54, 1.807) is 17.3 Å². The molecule has 3 heterocycles. The van der Waals surface area contributed by atoms with Gasteiger partial charge >= 0.3 is 0 Å². The van der Waals surface area contributed by atoms with Gasteiger partial charge in [-0.05, 0) is 42.7 Å². The average molecular weight is 353 g/mol. The lowest BCUT2D eigenvalue weighted by molar-refractivity contribution is -0.120. The number of aromatic amines is 1. The summed E-state index contributed by atoms with van der Waals surface area (Å²) in [5.74, 6) is 0.879. The highest BCUT2D eigenvalue weighted by Crippen LogP contribution is 2.29. The van der Waals surface area contributed by atoms with Crippen LogP contribution >= 0.6 is 11.6 Å². The largest absolute Gasteiger partial charge is 0.297 e. The van der Waals surface area contributed by atoms with Gasteiger partial charge in [-0.25, -0.2) is 0 Å². The van der Waals surface area contributed by atoms with Crippen molar-refractivity contribution < 1.29 is 4.79 Å². The van der Waals surface area contributed by atoms with Crippen LogP contribution < -0.4 is 4.90 Å². The highest BCUT2D eigenvalue weighted by Gasteiger charge is 2.33. The van der Waals surface area contributed by atoms with Crippen molar-refractivity contribution in [3.63, 3.8) is 0 Å². The summed E-state index contributed by atoms with van der Waals surface area (Å²) in [6.45, 7) is 0.703. The van der Waals surface area contributed by atoms with Crippen LogP contribution in [0.25, 0.3) is 11.3 Å². The molecule has 1 aromatic carbocycles. The topological polar surface area (TPSA) is 61.9 Å². The quantitative estimate of drug-likeness (QED) is 0.778. The van der Waals surface area contributed by atoms with Gasteiger partial charge in [-0.1, -0.05) is 23.7 Å². The standard InChI is InChI=1S/C19H17ClN4O/c20-16-3-1-13(2-4-16)11-15-7-10-24(19(15)25)18-12-17(22-23-18)14-5-8-21-9-6-14/h1-6,8-9,12,15H,7,10-11H2,(H,22,23)/t15-/m1/s1. The number of carbonyl (C=O) groups excluding carboxylic acids is 1. The van der Waals surface area contributed by atoms with Crippen LogP contribution in [0.3, 0.4) is 0 Å². The maximum atomic E-state index is 12.8. The second-order valence-electron chi connectivity index (χ2n) is 6.18. The van der Waals surface area contributed by atoms with Crippen molar-refractivity contribution >= 4 is 23.3 Å². The van der Waals surface area contributed by atoms with Gasteiger partial charge in [0, 0.05) is 41.5 Å². The number of anilines is 1. The molecule has 0 spiro atoms. The summed E-state index contributed by atoms with van der Waals surface area (Å²) >= 11 is 5.92. The maximum absolute atomic E-state index is 12.8. The Morgan fingerprint density at radius 1 is 1.16 bits per heavy atom. The summed E-state index contributed by atoms with van der Waals surface area (Å²) in [6, 6.07) is 13.4. The molecule has 1 amide bonds. The van der Waals surface area contributed by atoms with E-state index in [-0.39, 0.29) is 11.8 Å². The maximum Gasteiger partial charge on any atom is 0.231 e. The summed E-state index contributed by atoms with van der Waals surface area (Å²) in [7, 11) is 0. The lowest BCUT2D eigenvalue weighted by atomic mass is 9.98. The van der Waals surface area contributed by atoms with E-state index < -0.39 is 0 Å². The van der Waals surface area contributed by atoms with Crippen molar-refractivity contribution in [3.05, 3.63) is 65.4 Å². The molecule has 0 bridgehead atoms. The van der Waals surface area contributed by atoms with Gasteiger partial charge in [0.1, 0.15) is 5.82 Å². The Balaban J connectivity index is 1.48. The summed E-state index contributed by atoms with van der Waals surface area (Å²) < 4.78 is 0. The first-order valence-corrected chi connectivity index (χ1v) is 8.60. The molecule has 4 rings (SSSR count). The van der Waals surface area contributed by atoms with Gasteiger partial charge in [-0.2, -0.15) is 5.10 Å². The van der Waals surface area contributed by atoms with E-state index in [2.05, 4.69) is 15.2 Å². The Morgan fingerprint density at radius 2 is 1.92 bits per heavy atom. The smallest absolute Gasteiger partial charge is 0.231 e. The predicted octanol–water partition coefficient (Wildman–Crippen LogP) is 3.72. The van der Waals surface area contributed by atoms with E-state index in [1.165, 1.54) is 0 Å². The van der Waals surface area contributed by atoms with Crippen LogP contribution in [0.1, 0.15) is 12.0 Å². The van der Waals surface area contributed by atoms with E-state index in [9.17, 15) is 4.79 Å². The Bertz CT molecular complexity index is 876. The number of pyridine rings is 1. The first kappa shape index (κ1) is 15.8. The fourth-order valence-electron chi connectivity index (χ4n) is 3.19. The molecule has 6 heteroatoms. The normalized spacial score (nSPS) is 17.2. The summed E-state index contributed by atoms with van der Waals surface area (Å²) in [4.78, 5) is 18.6. The number of H-pyrrole nitrogens is 1. The molecule has 126 valence electrons. The van der Waals surface area contributed by atoms with Gasteiger partial charge < -0.3 is 0 Å². The molecule has 25 heavy (non-hydrogen) atoms. The van der Waals surface area contributed by atoms with E-state index in [0.29, 0.717) is 11.6 Å². The number of hydrogen-bond donors (Lipinski definition) is 1. The predicted molar refractivity (Wildman–Crippen MR) is 97.4 cm³/mol. The van der Waals surface area contributed by atoms with Crippen molar-refractivity contribution in [1.82, 2.24) is 15.2 Å². The number of amides is 1. The third-order valence-electron chi connectivity index (χ3n) is 4.54. The first-order chi connectivity index (χ1) is 12.2. The summed E-state index contributed by atoms with van der Waals surface area (Å²) in [5, 5.41) is 8.02. The van der Waals surface area contributed by atoms with Crippen molar-refractivity contribution in [2.45, 2.75) is 12.8 Å². The van der Waals surface area contributed by atoms with Crippen LogP contribution in [-0.2, 0) is 11.2 Å². The zero-order chi connectivity index (χ0) is 17.2. The molecule has 1 fully saturated rings. The van der Waals surface area contributed by atoms with Crippen molar-refractivity contribution in [3.8, 4) is 11.3 Å². The van der Waals surface area contributed by atoms with Crippen molar-refractivity contribution in [1.29, 1.82) is 0 Å². The fourth-order valence-corrected chi connectivity index (χ4v) is 3.32. The van der Waals surface area contributed by atoms with E-state index >= 15 is 0 Å². The monoisotopic (exact) mass is 352 g/mol. The van der Waals surface area contributed by atoms with Crippen LogP contribution in [0.4, 0.5) is 5.82 Å². The first-order valence-electron chi connectivity index (χ1n) is 8.22. The summed E-state index contributed by atoms with van der Waals surface area (Å²) in [6.07, 6.45) is 5.03. The lowest BCUT2D eigenvalue weighted by Gasteiger charge is -2.14. The van der Waals surface area contributed by atoms with Crippen LogP contribution in [0.5, 0.6) is 0 Å². The van der Waals surface area contributed by atoms with Crippen LogP contribution in [0.2, 0.25) is 5.02 Å². The van der Waals surface area contributed by atoms with E-state index in [1.807, 2.05) is 42.5 Å². The van der Waals surface area contributed by atoms with Crippen LogP contribution in [-0.4, -0.2) is 27.6 Å². The number of carbonyl (C=O) groups is 1. The highest BCUT2D eigenvalue weighted by atomic mass is 35.5. The minimum absolute atomic E-state index is 0.00569. The van der Waals surface area contributed by atoms with Gasteiger partial charge in [0.2, 0.25) is 5.91 Å². The fraction of sp³-hybridized carbons (Fsp3) is 0.211. The minimum atomic E-state index is -0.00569. The molecular formula is C19H17ClN4O. The third-order valence-corrected chi connectivity index (χ3v) is 4.79. The Kier molecular flexibility index (Phi) is 4.24. The lowest BCUT2D eigenvalue weighted by Crippen LogP contribution is -2.28. The Labute approximate surface area is 150 Å². The third kappa shape index (κ3) is 3.28. The van der Waals surface area contributed by atoms with E-state index in [4.69, 9.17) is 11.6 Å². The van der Waals surface area contributed by atoms with Crippen molar-refractivity contribution in [2.75, 3.05) is 11.4 Å². The minimum Gasteiger partial charge on any atom is -0.297 e. The number of rotatable bonds is 4. The molecular weight excluding hydrogens is 336 g/mol. The van der Waals surface area contributed by atoms with Crippen LogP contribution in [0.15, 0.2) is 54.9 Å². The number of nitrogens with zero attached hydrogens (tertiary/aromatic N) is 3. The number of hydrogen-bond acceptors (Lipinski definition) is 3. The number of benzene rings is 1. The highest BCUT2D eigenvalue weighted by molar-refractivity contribution is 6.30.